The Kier molecular flexibility index (Phi) is 4.05. The number of furan rings is 1. The molecule has 23 heavy (non-hydrogen) atoms. The number of hydrogen-bond donors (Lipinski definition) is 2. The summed E-state index contributed by atoms with van der Waals surface area (Å²) >= 11 is 0. The predicted molar refractivity (Wildman–Crippen MR) is 81.9 cm³/mol. The molecule has 118 valence electrons. The lowest BCUT2D eigenvalue weighted by atomic mass is 10.3. The van der Waals surface area contributed by atoms with Crippen LogP contribution >= 0.6 is 0 Å². The van der Waals surface area contributed by atoms with Crippen LogP contribution in [0.5, 0.6) is 0 Å². The number of nitrogens with zero attached hydrogens (tertiary/aromatic N) is 3. The van der Waals surface area contributed by atoms with Crippen molar-refractivity contribution in [2.45, 2.75) is 13.5 Å². The summed E-state index contributed by atoms with van der Waals surface area (Å²) in [5.74, 6) is 0.270. The lowest BCUT2D eigenvalue weighted by Gasteiger charge is -2.05. The quantitative estimate of drug-likeness (QED) is 0.730. The lowest BCUT2D eigenvalue weighted by molar-refractivity contribution is 0.0946. The van der Waals surface area contributed by atoms with Crippen LogP contribution in [0.2, 0.25) is 0 Å². The first-order valence-corrected chi connectivity index (χ1v) is 7.06. The fourth-order valence-corrected chi connectivity index (χ4v) is 2.07. The van der Waals surface area contributed by atoms with Gasteiger partial charge in [-0.15, -0.1) is 0 Å². The molecule has 1 amide bonds. The van der Waals surface area contributed by atoms with E-state index in [-0.39, 0.29) is 23.7 Å². The van der Waals surface area contributed by atoms with E-state index < -0.39 is 0 Å². The number of aromatic nitrogens is 4. The minimum Gasteiger partial charge on any atom is -0.463 e. The SMILES string of the molecule is Cc1ccc(=O)n(CCNC(=O)c2cc(-c3ccco3)[nH]n2)n1. The second-order valence-electron chi connectivity index (χ2n) is 4.94. The Morgan fingerprint density at radius 2 is 2.26 bits per heavy atom. The highest BCUT2D eigenvalue weighted by molar-refractivity contribution is 5.93. The minimum absolute atomic E-state index is 0.204. The van der Waals surface area contributed by atoms with Crippen LogP contribution in [-0.2, 0) is 6.54 Å². The number of nitrogens with one attached hydrogen (secondary N) is 2. The zero-order chi connectivity index (χ0) is 16.2. The molecule has 3 aromatic rings. The number of rotatable bonds is 5. The van der Waals surface area contributed by atoms with Gasteiger partial charge in [0.2, 0.25) is 0 Å². The Balaban J connectivity index is 1.59. The van der Waals surface area contributed by atoms with Crippen molar-refractivity contribution in [3.63, 3.8) is 0 Å². The third-order valence-electron chi connectivity index (χ3n) is 3.21. The van der Waals surface area contributed by atoms with Gasteiger partial charge in [-0.25, -0.2) is 4.68 Å². The molecule has 2 N–H and O–H groups in total. The molecule has 0 aromatic carbocycles. The van der Waals surface area contributed by atoms with Crippen molar-refractivity contribution in [2.75, 3.05) is 6.54 Å². The van der Waals surface area contributed by atoms with Crippen molar-refractivity contribution < 1.29 is 9.21 Å². The Morgan fingerprint density at radius 1 is 1.39 bits per heavy atom. The molecular formula is C15H15N5O3. The Labute approximate surface area is 131 Å². The van der Waals surface area contributed by atoms with Gasteiger partial charge < -0.3 is 9.73 Å². The topological polar surface area (TPSA) is 106 Å². The molecule has 0 spiro atoms. The molecule has 0 fully saturated rings. The van der Waals surface area contributed by atoms with Crippen molar-refractivity contribution in [3.8, 4) is 11.5 Å². The van der Waals surface area contributed by atoms with E-state index in [1.54, 1.807) is 37.5 Å². The van der Waals surface area contributed by atoms with Crippen molar-refractivity contribution in [1.29, 1.82) is 0 Å². The highest BCUT2D eigenvalue weighted by Gasteiger charge is 2.12. The summed E-state index contributed by atoms with van der Waals surface area (Å²) < 4.78 is 6.54. The van der Waals surface area contributed by atoms with Gasteiger partial charge in [0.1, 0.15) is 5.69 Å². The van der Waals surface area contributed by atoms with Crippen molar-refractivity contribution in [3.05, 3.63) is 58.3 Å². The maximum absolute atomic E-state index is 12.0. The molecule has 0 saturated heterocycles. The summed E-state index contributed by atoms with van der Waals surface area (Å²) in [4.78, 5) is 23.6. The molecule has 8 heteroatoms. The standard InChI is InChI=1S/C15H15N5O3/c1-10-4-5-14(21)20(19-10)7-6-16-15(22)12-9-11(17-18-12)13-3-2-8-23-13/h2-5,8-9H,6-7H2,1H3,(H,16,22)(H,17,18). The van der Waals surface area contributed by atoms with E-state index in [4.69, 9.17) is 4.42 Å². The van der Waals surface area contributed by atoms with Gasteiger partial charge in [0.15, 0.2) is 11.5 Å². The third kappa shape index (κ3) is 3.37. The monoisotopic (exact) mass is 313 g/mol. The summed E-state index contributed by atoms with van der Waals surface area (Å²) in [6, 6.07) is 8.23. The first-order chi connectivity index (χ1) is 11.1. The lowest BCUT2D eigenvalue weighted by Crippen LogP contribution is -2.32. The van der Waals surface area contributed by atoms with Gasteiger partial charge in [0.05, 0.1) is 18.5 Å². The van der Waals surface area contributed by atoms with Gasteiger partial charge in [-0.1, -0.05) is 0 Å². The van der Waals surface area contributed by atoms with Crippen LogP contribution in [-0.4, -0.2) is 32.4 Å². The molecule has 0 aliphatic rings. The summed E-state index contributed by atoms with van der Waals surface area (Å²) in [6.07, 6.45) is 1.54. The van der Waals surface area contributed by atoms with Gasteiger partial charge in [-0.2, -0.15) is 10.2 Å². The van der Waals surface area contributed by atoms with Gasteiger partial charge in [0.25, 0.3) is 11.5 Å². The third-order valence-corrected chi connectivity index (χ3v) is 3.21. The molecule has 0 atom stereocenters. The van der Waals surface area contributed by atoms with E-state index in [1.807, 2.05) is 0 Å². The molecule has 0 aliphatic carbocycles. The number of aryl methyl sites for hydroxylation is 1. The molecule has 0 saturated carbocycles. The maximum Gasteiger partial charge on any atom is 0.271 e. The number of amides is 1. The summed E-state index contributed by atoms with van der Waals surface area (Å²) in [7, 11) is 0. The number of H-pyrrole nitrogens is 1. The summed E-state index contributed by atoms with van der Waals surface area (Å²) in [5, 5.41) is 13.5. The van der Waals surface area contributed by atoms with Crippen LogP contribution in [0.4, 0.5) is 0 Å². The molecule has 8 nitrogen and oxygen atoms in total. The highest BCUT2D eigenvalue weighted by atomic mass is 16.3. The average molecular weight is 313 g/mol. The molecule has 0 aliphatic heterocycles. The van der Waals surface area contributed by atoms with Crippen LogP contribution in [0.15, 0.2) is 45.8 Å². The van der Waals surface area contributed by atoms with Gasteiger partial charge in [0, 0.05) is 18.7 Å². The van der Waals surface area contributed by atoms with Crippen LogP contribution in [0, 0.1) is 6.92 Å². The summed E-state index contributed by atoms with van der Waals surface area (Å²) in [5.41, 5.74) is 1.41. The first kappa shape index (κ1) is 14.8. The van der Waals surface area contributed by atoms with E-state index in [2.05, 4.69) is 20.6 Å². The highest BCUT2D eigenvalue weighted by Crippen LogP contribution is 2.17. The first-order valence-electron chi connectivity index (χ1n) is 7.06. The Bertz CT molecular complexity index is 863. The minimum atomic E-state index is -0.334. The normalized spacial score (nSPS) is 10.7. The smallest absolute Gasteiger partial charge is 0.271 e. The van der Waals surface area contributed by atoms with Crippen molar-refractivity contribution >= 4 is 5.91 Å². The van der Waals surface area contributed by atoms with E-state index >= 15 is 0 Å². The molecule has 0 unspecified atom stereocenters. The second kappa shape index (κ2) is 6.30. The average Bonchev–Trinajstić information content (AvgIpc) is 3.20. The Morgan fingerprint density at radius 3 is 3.04 bits per heavy atom. The second-order valence-corrected chi connectivity index (χ2v) is 4.94. The molecule has 3 rings (SSSR count). The Hall–Kier alpha value is -3.16. The largest absolute Gasteiger partial charge is 0.463 e. The van der Waals surface area contributed by atoms with Crippen LogP contribution in [0.3, 0.4) is 0 Å². The van der Waals surface area contributed by atoms with Crippen LogP contribution < -0.4 is 10.9 Å². The van der Waals surface area contributed by atoms with E-state index in [0.717, 1.165) is 5.69 Å². The van der Waals surface area contributed by atoms with Crippen molar-refractivity contribution in [1.82, 2.24) is 25.3 Å². The fourth-order valence-electron chi connectivity index (χ4n) is 2.07. The number of hydrogen-bond acceptors (Lipinski definition) is 5. The zero-order valence-corrected chi connectivity index (χ0v) is 12.4. The maximum atomic E-state index is 12.0. The molecule has 0 bridgehead atoms. The van der Waals surface area contributed by atoms with E-state index in [0.29, 0.717) is 18.0 Å². The molecular weight excluding hydrogens is 298 g/mol. The molecule has 3 heterocycles. The molecule has 0 radical (unpaired) electrons. The molecule has 3 aromatic heterocycles. The van der Waals surface area contributed by atoms with Gasteiger partial charge in [-0.3, -0.25) is 14.7 Å². The van der Waals surface area contributed by atoms with E-state index in [9.17, 15) is 9.59 Å². The van der Waals surface area contributed by atoms with E-state index in [1.165, 1.54) is 10.7 Å². The number of aromatic amines is 1. The fraction of sp³-hybridized carbons (Fsp3) is 0.200. The number of carbonyl (C=O) groups excluding carboxylic acids is 1. The van der Waals surface area contributed by atoms with Gasteiger partial charge in [-0.05, 0) is 25.1 Å². The summed E-state index contributed by atoms with van der Waals surface area (Å²) in [6.45, 7) is 2.37. The van der Waals surface area contributed by atoms with Gasteiger partial charge >= 0.3 is 0 Å². The zero-order valence-electron chi connectivity index (χ0n) is 12.4. The van der Waals surface area contributed by atoms with Crippen LogP contribution in [0.25, 0.3) is 11.5 Å². The number of carbonyl (C=O) groups is 1. The van der Waals surface area contributed by atoms with Crippen LogP contribution in [0.1, 0.15) is 16.2 Å². The van der Waals surface area contributed by atoms with Crippen molar-refractivity contribution in [2.24, 2.45) is 0 Å². The predicted octanol–water partition coefficient (Wildman–Crippen LogP) is 0.965.